The highest BCUT2D eigenvalue weighted by molar-refractivity contribution is 6.34. The first-order chi connectivity index (χ1) is 12.2. The van der Waals surface area contributed by atoms with Crippen molar-refractivity contribution >= 4 is 39.9 Å². The van der Waals surface area contributed by atoms with E-state index in [1.54, 1.807) is 12.4 Å². The van der Waals surface area contributed by atoms with Crippen molar-refractivity contribution in [1.82, 2.24) is 15.0 Å². The van der Waals surface area contributed by atoms with Crippen molar-refractivity contribution in [3.8, 4) is 0 Å². The van der Waals surface area contributed by atoms with Gasteiger partial charge in [0, 0.05) is 41.9 Å². The van der Waals surface area contributed by atoms with Crippen LogP contribution in [0.25, 0.3) is 10.8 Å². The summed E-state index contributed by atoms with van der Waals surface area (Å²) in [5.41, 5.74) is 0.881. The Balaban J connectivity index is 1.65. The van der Waals surface area contributed by atoms with Gasteiger partial charge in [0.25, 0.3) is 5.91 Å². The maximum Gasteiger partial charge on any atom is 0.276 e. The summed E-state index contributed by atoms with van der Waals surface area (Å²) in [5, 5.41) is 5.00. The van der Waals surface area contributed by atoms with E-state index in [9.17, 15) is 4.79 Å². The zero-order valence-electron chi connectivity index (χ0n) is 13.4. The van der Waals surface area contributed by atoms with E-state index in [1.165, 1.54) is 6.20 Å². The fourth-order valence-electron chi connectivity index (χ4n) is 3.00. The summed E-state index contributed by atoms with van der Waals surface area (Å²) in [4.78, 5) is 27.5. The van der Waals surface area contributed by atoms with E-state index in [4.69, 9.17) is 11.6 Å². The molecule has 0 radical (unpaired) electrons. The second-order valence-corrected chi connectivity index (χ2v) is 6.32. The highest BCUT2D eigenvalue weighted by Gasteiger charge is 2.20. The van der Waals surface area contributed by atoms with Crippen LogP contribution in [0.2, 0.25) is 5.02 Å². The number of fused-ring (bicyclic) bond motifs is 1. The van der Waals surface area contributed by atoms with Gasteiger partial charge in [-0.2, -0.15) is 0 Å². The van der Waals surface area contributed by atoms with Gasteiger partial charge in [-0.3, -0.25) is 9.78 Å². The number of anilines is 2. The minimum absolute atomic E-state index is 0.185. The lowest BCUT2D eigenvalue weighted by molar-refractivity contribution is 0.102. The normalized spacial score (nSPS) is 14.0. The van der Waals surface area contributed by atoms with Gasteiger partial charge in [0.15, 0.2) is 5.69 Å². The van der Waals surface area contributed by atoms with Gasteiger partial charge in [0.05, 0.1) is 11.2 Å². The molecule has 1 aromatic carbocycles. The molecular formula is C18H16ClN5O. The van der Waals surface area contributed by atoms with E-state index in [0.29, 0.717) is 11.6 Å². The number of hydrogen-bond donors (Lipinski definition) is 1. The van der Waals surface area contributed by atoms with Crippen LogP contribution in [0.3, 0.4) is 0 Å². The molecule has 1 saturated heterocycles. The topological polar surface area (TPSA) is 71.0 Å². The van der Waals surface area contributed by atoms with E-state index in [0.717, 1.165) is 36.7 Å². The fourth-order valence-corrected chi connectivity index (χ4v) is 3.18. The maximum absolute atomic E-state index is 12.7. The Bertz CT molecular complexity index is 934. The third kappa shape index (κ3) is 3.13. The second kappa shape index (κ2) is 6.64. The summed E-state index contributed by atoms with van der Waals surface area (Å²) in [6.07, 6.45) is 7.16. The minimum Gasteiger partial charge on any atom is -0.341 e. The predicted octanol–water partition coefficient (Wildman–Crippen LogP) is 3.53. The van der Waals surface area contributed by atoms with Crippen molar-refractivity contribution in [2.45, 2.75) is 12.8 Å². The van der Waals surface area contributed by atoms with E-state index in [1.807, 2.05) is 24.3 Å². The number of rotatable bonds is 3. The molecule has 0 spiro atoms. The van der Waals surface area contributed by atoms with Gasteiger partial charge < -0.3 is 10.2 Å². The largest absolute Gasteiger partial charge is 0.341 e. The van der Waals surface area contributed by atoms with Gasteiger partial charge in [-0.15, -0.1) is 0 Å². The van der Waals surface area contributed by atoms with Crippen molar-refractivity contribution < 1.29 is 4.79 Å². The lowest BCUT2D eigenvalue weighted by Gasteiger charge is -2.16. The Labute approximate surface area is 149 Å². The number of carbonyl (C=O) groups excluding carboxylic acids is 1. The molecule has 0 atom stereocenters. The van der Waals surface area contributed by atoms with Crippen molar-refractivity contribution in [3.05, 3.63) is 53.6 Å². The number of carbonyl (C=O) groups is 1. The van der Waals surface area contributed by atoms with Crippen LogP contribution in [0.15, 0.2) is 42.9 Å². The Morgan fingerprint density at radius 3 is 2.84 bits per heavy atom. The summed E-state index contributed by atoms with van der Waals surface area (Å²) in [6, 6.07) is 7.52. The predicted molar refractivity (Wildman–Crippen MR) is 98.2 cm³/mol. The van der Waals surface area contributed by atoms with Crippen molar-refractivity contribution in [3.63, 3.8) is 0 Å². The van der Waals surface area contributed by atoms with E-state index in [-0.39, 0.29) is 16.6 Å². The highest BCUT2D eigenvalue weighted by Crippen LogP contribution is 2.24. The van der Waals surface area contributed by atoms with Gasteiger partial charge >= 0.3 is 0 Å². The number of hydrogen-bond acceptors (Lipinski definition) is 5. The van der Waals surface area contributed by atoms with Crippen molar-refractivity contribution in [1.29, 1.82) is 0 Å². The molecule has 126 valence electrons. The molecule has 7 heteroatoms. The Kier molecular flexibility index (Phi) is 4.19. The van der Waals surface area contributed by atoms with E-state index < -0.39 is 0 Å². The zero-order valence-corrected chi connectivity index (χ0v) is 14.2. The second-order valence-electron chi connectivity index (χ2n) is 5.92. The Morgan fingerprint density at radius 1 is 1.16 bits per heavy atom. The Morgan fingerprint density at radius 2 is 2.00 bits per heavy atom. The molecule has 3 heterocycles. The molecule has 1 aliphatic heterocycles. The number of pyridine rings is 1. The number of aromatic nitrogens is 3. The number of benzene rings is 1. The van der Waals surface area contributed by atoms with Crippen LogP contribution in [-0.4, -0.2) is 33.9 Å². The molecule has 1 aliphatic rings. The number of halogens is 1. The first-order valence-corrected chi connectivity index (χ1v) is 8.52. The lowest BCUT2D eigenvalue weighted by Crippen LogP contribution is -2.23. The fraction of sp³-hybridized carbons (Fsp3) is 0.222. The molecule has 0 unspecified atom stereocenters. The minimum atomic E-state index is -0.350. The first kappa shape index (κ1) is 15.8. The van der Waals surface area contributed by atoms with Crippen molar-refractivity contribution in [2.24, 2.45) is 0 Å². The molecule has 6 nitrogen and oxygen atoms in total. The average Bonchev–Trinajstić information content (AvgIpc) is 3.17. The van der Waals surface area contributed by atoms with Gasteiger partial charge in [0.1, 0.15) is 0 Å². The highest BCUT2D eigenvalue weighted by atomic mass is 35.5. The summed E-state index contributed by atoms with van der Waals surface area (Å²) in [5.74, 6) is 0.200. The van der Waals surface area contributed by atoms with Crippen molar-refractivity contribution in [2.75, 3.05) is 23.3 Å². The molecule has 3 aromatic rings. The van der Waals surface area contributed by atoms with E-state index in [2.05, 4.69) is 25.2 Å². The molecule has 0 aliphatic carbocycles. The molecule has 1 amide bonds. The molecule has 4 rings (SSSR count). The first-order valence-electron chi connectivity index (χ1n) is 8.14. The molecule has 1 N–H and O–H groups in total. The maximum atomic E-state index is 12.7. The van der Waals surface area contributed by atoms with Crippen LogP contribution in [0.1, 0.15) is 23.3 Å². The SMILES string of the molecule is O=C(Nc1cccc2cnccc12)c1nc(N2CCCC2)ncc1Cl. The molecule has 0 bridgehead atoms. The monoisotopic (exact) mass is 353 g/mol. The average molecular weight is 354 g/mol. The molecule has 25 heavy (non-hydrogen) atoms. The van der Waals surface area contributed by atoms with Gasteiger partial charge in [-0.25, -0.2) is 9.97 Å². The quantitative estimate of drug-likeness (QED) is 0.780. The molecular weight excluding hydrogens is 338 g/mol. The van der Waals surface area contributed by atoms with Gasteiger partial charge in [-0.1, -0.05) is 23.7 Å². The Hall–Kier alpha value is -2.73. The zero-order chi connectivity index (χ0) is 17.2. The summed E-state index contributed by atoms with van der Waals surface area (Å²) in [7, 11) is 0. The van der Waals surface area contributed by atoms with Gasteiger partial charge in [0.2, 0.25) is 5.95 Å². The smallest absolute Gasteiger partial charge is 0.276 e. The van der Waals surface area contributed by atoms with Crippen LogP contribution < -0.4 is 10.2 Å². The third-order valence-electron chi connectivity index (χ3n) is 4.26. The number of amides is 1. The number of nitrogens with zero attached hydrogens (tertiary/aromatic N) is 4. The van der Waals surface area contributed by atoms with Crippen LogP contribution in [0, 0.1) is 0 Å². The summed E-state index contributed by atoms with van der Waals surface area (Å²) >= 11 is 6.17. The molecule has 0 saturated carbocycles. The summed E-state index contributed by atoms with van der Waals surface area (Å²) in [6.45, 7) is 1.80. The standard InChI is InChI=1S/C18H16ClN5O/c19-14-11-21-18(24-8-1-2-9-24)23-16(14)17(25)22-15-5-3-4-12-10-20-7-6-13(12)15/h3-7,10-11H,1-2,8-9H2,(H,22,25). The van der Waals surface area contributed by atoms with Crippen LogP contribution >= 0.6 is 11.6 Å². The molecule has 1 fully saturated rings. The summed E-state index contributed by atoms with van der Waals surface area (Å²) < 4.78 is 0. The number of nitrogens with one attached hydrogen (secondary N) is 1. The van der Waals surface area contributed by atoms with E-state index >= 15 is 0 Å². The van der Waals surface area contributed by atoms with Crippen LogP contribution in [-0.2, 0) is 0 Å². The third-order valence-corrected chi connectivity index (χ3v) is 4.54. The van der Waals surface area contributed by atoms with Gasteiger partial charge in [-0.05, 0) is 25.0 Å². The van der Waals surface area contributed by atoms with Crippen LogP contribution in [0.5, 0.6) is 0 Å². The lowest BCUT2D eigenvalue weighted by atomic mass is 10.1. The van der Waals surface area contributed by atoms with Crippen LogP contribution in [0.4, 0.5) is 11.6 Å². The molecule has 2 aromatic heterocycles.